The number of carbonyl (C=O) groups excluding carboxylic acids is 2. The molecule has 0 saturated carbocycles. The van der Waals surface area contributed by atoms with Gasteiger partial charge in [0, 0.05) is 12.7 Å². The van der Waals surface area contributed by atoms with Gasteiger partial charge in [-0.15, -0.1) is 0 Å². The van der Waals surface area contributed by atoms with E-state index >= 15 is 0 Å². The fourth-order valence-electron chi connectivity index (χ4n) is 4.60. The van der Waals surface area contributed by atoms with Gasteiger partial charge >= 0.3 is 0 Å². The minimum absolute atomic E-state index is 0.0319. The third-order valence-corrected chi connectivity index (χ3v) is 6.23. The summed E-state index contributed by atoms with van der Waals surface area (Å²) in [7, 11) is 0. The van der Waals surface area contributed by atoms with Gasteiger partial charge in [0.2, 0.25) is 0 Å². The van der Waals surface area contributed by atoms with Crippen LogP contribution in [0, 0.1) is 6.92 Å². The maximum absolute atomic E-state index is 13.4. The summed E-state index contributed by atoms with van der Waals surface area (Å²) in [6.45, 7) is 6.00. The summed E-state index contributed by atoms with van der Waals surface area (Å²) >= 11 is 0. The summed E-state index contributed by atoms with van der Waals surface area (Å²) in [5.41, 5.74) is 3.17. The Bertz CT molecular complexity index is 1490. The van der Waals surface area contributed by atoms with Crippen molar-refractivity contribution in [3.8, 4) is 5.75 Å². The second-order valence-corrected chi connectivity index (χ2v) is 8.56. The van der Waals surface area contributed by atoms with E-state index in [4.69, 9.17) is 4.74 Å². The van der Waals surface area contributed by atoms with E-state index in [0.29, 0.717) is 35.0 Å². The number of ether oxygens (including phenoxy) is 1. The molecule has 36 heavy (non-hydrogen) atoms. The molecular weight excluding hydrogens is 454 g/mol. The number of ketones is 1. The van der Waals surface area contributed by atoms with Crippen LogP contribution >= 0.6 is 0 Å². The molecule has 7 heteroatoms. The molecule has 180 valence electrons. The lowest BCUT2D eigenvalue weighted by atomic mass is 9.96. The highest BCUT2D eigenvalue weighted by molar-refractivity contribution is 6.46. The van der Waals surface area contributed by atoms with Crippen LogP contribution in [0.3, 0.4) is 0 Å². The first-order chi connectivity index (χ1) is 17.5. The number of fused-ring (bicyclic) bond motifs is 1. The molecule has 7 nitrogen and oxygen atoms in total. The zero-order valence-electron chi connectivity index (χ0n) is 19.8. The van der Waals surface area contributed by atoms with E-state index in [1.807, 2.05) is 60.7 Å². The molecule has 0 bridgehead atoms. The summed E-state index contributed by atoms with van der Waals surface area (Å²) < 4.78 is 7.32. The van der Waals surface area contributed by atoms with Crippen LogP contribution in [-0.4, -0.2) is 37.7 Å². The van der Waals surface area contributed by atoms with Gasteiger partial charge in [-0.25, -0.2) is 4.98 Å². The van der Waals surface area contributed by atoms with E-state index in [1.54, 1.807) is 35.7 Å². The topological polar surface area (TPSA) is 84.1 Å². The van der Waals surface area contributed by atoms with Crippen molar-refractivity contribution in [2.24, 2.45) is 0 Å². The quantitative estimate of drug-likeness (QED) is 0.178. The number of imidazole rings is 1. The van der Waals surface area contributed by atoms with Crippen LogP contribution in [-0.2, 0) is 16.1 Å². The van der Waals surface area contributed by atoms with Crippen molar-refractivity contribution < 1.29 is 19.4 Å². The molecule has 2 aromatic heterocycles. The van der Waals surface area contributed by atoms with Crippen LogP contribution < -0.4 is 4.74 Å². The smallest absolute Gasteiger partial charge is 0.295 e. The molecule has 1 saturated heterocycles. The van der Waals surface area contributed by atoms with Gasteiger partial charge in [0.05, 0.1) is 17.3 Å². The Kier molecular flexibility index (Phi) is 6.12. The van der Waals surface area contributed by atoms with Crippen molar-refractivity contribution in [1.82, 2.24) is 14.3 Å². The summed E-state index contributed by atoms with van der Waals surface area (Å²) in [5, 5.41) is 11.5. The molecule has 0 spiro atoms. The summed E-state index contributed by atoms with van der Waals surface area (Å²) in [6, 6.07) is 21.3. The molecule has 3 heterocycles. The molecule has 1 atom stereocenters. The average molecular weight is 480 g/mol. The third kappa shape index (κ3) is 4.05. The number of likely N-dealkylation sites (tertiary alicyclic amines) is 1. The number of aryl methyl sites for hydroxylation is 1. The van der Waals surface area contributed by atoms with E-state index in [9.17, 15) is 14.7 Å². The zero-order valence-corrected chi connectivity index (χ0v) is 19.8. The first-order valence-electron chi connectivity index (χ1n) is 11.6. The fourth-order valence-corrected chi connectivity index (χ4v) is 4.60. The normalized spacial score (nSPS) is 17.0. The molecule has 1 aliphatic rings. The molecule has 1 amide bonds. The van der Waals surface area contributed by atoms with Gasteiger partial charge in [0.1, 0.15) is 23.7 Å². The number of carbonyl (C=O) groups is 2. The number of nitrogens with zero attached hydrogens (tertiary/aromatic N) is 3. The van der Waals surface area contributed by atoms with Crippen LogP contribution in [0.1, 0.15) is 28.6 Å². The summed E-state index contributed by atoms with van der Waals surface area (Å²) in [6.07, 6.45) is 3.42. The maximum Gasteiger partial charge on any atom is 0.295 e. The van der Waals surface area contributed by atoms with Gasteiger partial charge in [-0.1, -0.05) is 61.2 Å². The molecule has 1 fully saturated rings. The van der Waals surface area contributed by atoms with E-state index in [-0.39, 0.29) is 17.9 Å². The van der Waals surface area contributed by atoms with Gasteiger partial charge in [-0.05, 0) is 42.3 Å². The number of aliphatic hydroxyl groups is 1. The van der Waals surface area contributed by atoms with Crippen LogP contribution in [0.25, 0.3) is 11.4 Å². The predicted octanol–water partition coefficient (Wildman–Crippen LogP) is 4.83. The minimum atomic E-state index is -0.785. The molecule has 1 unspecified atom stereocenters. The second-order valence-electron chi connectivity index (χ2n) is 8.56. The molecule has 5 rings (SSSR count). The van der Waals surface area contributed by atoms with Crippen LogP contribution in [0.2, 0.25) is 0 Å². The number of rotatable bonds is 7. The number of aromatic nitrogens is 2. The molecule has 0 radical (unpaired) electrons. The third-order valence-electron chi connectivity index (χ3n) is 6.23. The Balaban J connectivity index is 1.66. The van der Waals surface area contributed by atoms with E-state index < -0.39 is 17.7 Å². The van der Waals surface area contributed by atoms with Gasteiger partial charge in [0.25, 0.3) is 11.7 Å². The highest BCUT2D eigenvalue weighted by Gasteiger charge is 2.46. The van der Waals surface area contributed by atoms with Crippen molar-refractivity contribution >= 4 is 23.1 Å². The lowest BCUT2D eigenvalue weighted by Crippen LogP contribution is -2.29. The Hall–Kier alpha value is -4.65. The Morgan fingerprint density at radius 1 is 1.06 bits per heavy atom. The SMILES string of the molecule is C=CCOc1ccc(C2C(=C(O)c3c(C)nc4ccccn34)C(=O)C(=O)N2Cc2ccccc2)cc1. The maximum atomic E-state index is 13.4. The number of hydrogen-bond acceptors (Lipinski definition) is 5. The molecular formula is C29H25N3O4. The zero-order chi connectivity index (χ0) is 25.2. The largest absolute Gasteiger partial charge is 0.505 e. The van der Waals surface area contributed by atoms with Crippen molar-refractivity contribution in [2.75, 3.05) is 6.61 Å². The van der Waals surface area contributed by atoms with Crippen LogP contribution in [0.4, 0.5) is 0 Å². The number of amides is 1. The van der Waals surface area contributed by atoms with Gasteiger partial charge in [-0.2, -0.15) is 0 Å². The van der Waals surface area contributed by atoms with Crippen molar-refractivity contribution in [3.63, 3.8) is 0 Å². The monoisotopic (exact) mass is 479 g/mol. The van der Waals surface area contributed by atoms with E-state index in [1.165, 1.54) is 4.90 Å². The molecule has 1 aliphatic heterocycles. The first-order valence-corrected chi connectivity index (χ1v) is 11.6. The van der Waals surface area contributed by atoms with E-state index in [2.05, 4.69) is 11.6 Å². The molecule has 1 N–H and O–H groups in total. The van der Waals surface area contributed by atoms with Crippen LogP contribution in [0.15, 0.2) is 97.2 Å². The standard InChI is InChI=1S/C29H25N3O4/c1-3-17-36-22-14-12-21(13-15-22)26-24(27(33)25-19(2)30-23-11-7-8-16-31(23)25)28(34)29(35)32(26)18-20-9-5-4-6-10-20/h3-16,26,33H,1,17-18H2,2H3. The number of hydrogen-bond donors (Lipinski definition) is 1. The number of pyridine rings is 1. The lowest BCUT2D eigenvalue weighted by molar-refractivity contribution is -0.140. The van der Waals surface area contributed by atoms with Gasteiger partial charge in [0.15, 0.2) is 5.76 Å². The highest BCUT2D eigenvalue weighted by Crippen LogP contribution is 2.41. The van der Waals surface area contributed by atoms with Gasteiger partial charge in [-0.3, -0.25) is 14.0 Å². The molecule has 2 aromatic carbocycles. The number of benzene rings is 2. The summed E-state index contributed by atoms with van der Waals surface area (Å²) in [4.78, 5) is 32.7. The second kappa shape index (κ2) is 9.54. The van der Waals surface area contributed by atoms with E-state index in [0.717, 1.165) is 5.56 Å². The van der Waals surface area contributed by atoms with Crippen LogP contribution in [0.5, 0.6) is 5.75 Å². The highest BCUT2D eigenvalue weighted by atomic mass is 16.5. The molecule has 0 aliphatic carbocycles. The molecule has 4 aromatic rings. The number of Topliss-reactive ketones (excluding diaryl/α,β-unsaturated/α-hetero) is 1. The average Bonchev–Trinajstić information content (AvgIpc) is 3.36. The Labute approximate surface area is 208 Å². The van der Waals surface area contributed by atoms with Gasteiger partial charge < -0.3 is 14.7 Å². The Morgan fingerprint density at radius 2 is 1.78 bits per heavy atom. The Morgan fingerprint density at radius 3 is 2.50 bits per heavy atom. The van der Waals surface area contributed by atoms with Crippen molar-refractivity contribution in [3.05, 3.63) is 120 Å². The first kappa shape index (κ1) is 23.1. The summed E-state index contributed by atoms with van der Waals surface area (Å²) in [5.74, 6) is -1.01. The lowest BCUT2D eigenvalue weighted by Gasteiger charge is -2.25. The predicted molar refractivity (Wildman–Crippen MR) is 136 cm³/mol. The van der Waals surface area contributed by atoms with Crippen molar-refractivity contribution in [1.29, 1.82) is 0 Å². The number of aliphatic hydroxyl groups excluding tert-OH is 1. The fraction of sp³-hybridized carbons (Fsp3) is 0.138. The minimum Gasteiger partial charge on any atom is -0.505 e. The van der Waals surface area contributed by atoms with Crippen molar-refractivity contribution in [2.45, 2.75) is 19.5 Å².